The van der Waals surface area contributed by atoms with Gasteiger partial charge in [-0.3, -0.25) is 24.6 Å². The number of nitrogens with zero attached hydrogens (tertiary/aromatic N) is 2. The van der Waals surface area contributed by atoms with Crippen LogP contribution in [0.3, 0.4) is 0 Å². The highest BCUT2D eigenvalue weighted by atomic mass is 19.1. The summed E-state index contributed by atoms with van der Waals surface area (Å²) in [5, 5.41) is 12.0. The molecule has 3 aliphatic rings. The van der Waals surface area contributed by atoms with Gasteiger partial charge in [0, 0.05) is 25.1 Å². The molecule has 8 heteroatoms. The van der Waals surface area contributed by atoms with Crippen LogP contribution in [0, 0.1) is 5.82 Å². The molecule has 0 spiro atoms. The van der Waals surface area contributed by atoms with E-state index in [1.807, 2.05) is 12.1 Å². The maximum atomic E-state index is 14.5. The van der Waals surface area contributed by atoms with Crippen molar-refractivity contribution in [3.05, 3.63) is 64.5 Å². The number of piperidine rings is 2. The molecular formula is C25H26FN3O4. The summed E-state index contributed by atoms with van der Waals surface area (Å²) in [6.07, 6.45) is 2.15. The molecule has 2 aromatic carbocycles. The highest BCUT2D eigenvalue weighted by Crippen LogP contribution is 2.38. The molecule has 0 saturated carbocycles. The molecule has 7 nitrogen and oxygen atoms in total. The summed E-state index contributed by atoms with van der Waals surface area (Å²) in [5.74, 6) is -1.20. The fourth-order valence-electron chi connectivity index (χ4n) is 5.33. The quantitative estimate of drug-likeness (QED) is 0.698. The number of phenolic OH excluding ortho intramolecular Hbond substituents is 1. The zero-order chi connectivity index (χ0) is 23.1. The van der Waals surface area contributed by atoms with Crippen molar-refractivity contribution >= 4 is 17.7 Å². The standard InChI is InChI=1S/C25H26FN3O4/c26-17-11-19(16-6-8-28(9-7-16)13-15-2-1-3-18(30)10-15)21-14-29(25(33)20(21)12-17)22-4-5-23(31)27-24(22)32/h1-3,10-12,16,22,30H,4-9,13-14H2,(H,27,31,32). The van der Waals surface area contributed by atoms with Crippen molar-refractivity contribution in [2.75, 3.05) is 13.1 Å². The van der Waals surface area contributed by atoms with Crippen LogP contribution < -0.4 is 5.32 Å². The molecule has 1 atom stereocenters. The lowest BCUT2D eigenvalue weighted by atomic mass is 9.85. The summed E-state index contributed by atoms with van der Waals surface area (Å²) in [6.45, 7) is 2.66. The van der Waals surface area contributed by atoms with Crippen LogP contribution in [-0.4, -0.2) is 51.8 Å². The van der Waals surface area contributed by atoms with Crippen LogP contribution in [0.15, 0.2) is 36.4 Å². The number of carbonyl (C=O) groups excluding carboxylic acids is 3. The first-order valence-electron chi connectivity index (χ1n) is 11.4. The predicted octanol–water partition coefficient (Wildman–Crippen LogP) is 2.67. The molecule has 3 heterocycles. The third-order valence-electron chi connectivity index (χ3n) is 7.00. The minimum absolute atomic E-state index is 0.129. The van der Waals surface area contributed by atoms with Crippen molar-refractivity contribution in [2.24, 2.45) is 0 Å². The second kappa shape index (κ2) is 8.59. The lowest BCUT2D eigenvalue weighted by Crippen LogP contribution is -2.52. The molecule has 0 aromatic heterocycles. The Kier molecular flexibility index (Phi) is 5.62. The molecule has 1 unspecified atom stereocenters. The monoisotopic (exact) mass is 451 g/mol. The van der Waals surface area contributed by atoms with Gasteiger partial charge in [0.1, 0.15) is 17.6 Å². The number of benzene rings is 2. The zero-order valence-corrected chi connectivity index (χ0v) is 18.2. The van der Waals surface area contributed by atoms with Gasteiger partial charge in [-0.25, -0.2) is 4.39 Å². The van der Waals surface area contributed by atoms with E-state index in [2.05, 4.69) is 10.2 Å². The number of rotatable bonds is 4. The lowest BCUT2D eigenvalue weighted by Gasteiger charge is -2.33. The Labute approximate surface area is 191 Å². The summed E-state index contributed by atoms with van der Waals surface area (Å²) in [7, 11) is 0. The first-order valence-corrected chi connectivity index (χ1v) is 11.4. The average Bonchev–Trinajstić information content (AvgIpc) is 3.10. The van der Waals surface area contributed by atoms with E-state index in [0.29, 0.717) is 5.56 Å². The van der Waals surface area contributed by atoms with Gasteiger partial charge in [-0.2, -0.15) is 0 Å². The summed E-state index contributed by atoms with van der Waals surface area (Å²) >= 11 is 0. The summed E-state index contributed by atoms with van der Waals surface area (Å²) in [4.78, 5) is 40.7. The Bertz CT molecular complexity index is 1130. The number of phenols is 1. The van der Waals surface area contributed by atoms with Gasteiger partial charge in [-0.15, -0.1) is 0 Å². The van der Waals surface area contributed by atoms with Crippen LogP contribution in [0.25, 0.3) is 0 Å². The number of amides is 3. The fraction of sp³-hybridized carbons (Fsp3) is 0.400. The predicted molar refractivity (Wildman–Crippen MR) is 118 cm³/mol. The van der Waals surface area contributed by atoms with E-state index in [9.17, 15) is 23.9 Å². The number of carbonyl (C=O) groups is 3. The summed E-state index contributed by atoms with van der Waals surface area (Å²) in [6, 6.07) is 9.34. The molecule has 2 aromatic rings. The van der Waals surface area contributed by atoms with Gasteiger partial charge >= 0.3 is 0 Å². The first kappa shape index (κ1) is 21.6. The molecule has 3 aliphatic heterocycles. The van der Waals surface area contributed by atoms with Crippen LogP contribution >= 0.6 is 0 Å². The van der Waals surface area contributed by atoms with Crippen molar-refractivity contribution in [1.82, 2.24) is 15.1 Å². The Balaban J connectivity index is 1.31. The molecule has 0 aliphatic carbocycles. The smallest absolute Gasteiger partial charge is 0.255 e. The number of aromatic hydroxyl groups is 1. The number of halogens is 1. The van der Waals surface area contributed by atoms with Crippen molar-refractivity contribution < 1.29 is 23.9 Å². The first-order chi connectivity index (χ1) is 15.9. The van der Waals surface area contributed by atoms with Gasteiger partial charge in [0.15, 0.2) is 0 Å². The highest BCUT2D eigenvalue weighted by Gasteiger charge is 2.41. The van der Waals surface area contributed by atoms with E-state index in [4.69, 9.17) is 0 Å². The molecule has 172 valence electrons. The van der Waals surface area contributed by atoms with Gasteiger partial charge < -0.3 is 10.0 Å². The SMILES string of the molecule is O=C1CCC(N2Cc3c(cc(F)cc3C3CCN(Cc4cccc(O)c4)CC3)C2=O)C(=O)N1. The minimum Gasteiger partial charge on any atom is -0.508 e. The number of nitrogens with one attached hydrogen (secondary N) is 1. The van der Waals surface area contributed by atoms with Gasteiger partial charge in [-0.1, -0.05) is 12.1 Å². The summed E-state index contributed by atoms with van der Waals surface area (Å²) in [5.41, 5.74) is 3.03. The molecule has 0 radical (unpaired) electrons. The van der Waals surface area contributed by atoms with E-state index in [-0.39, 0.29) is 42.9 Å². The molecule has 2 fully saturated rings. The second-order valence-electron chi connectivity index (χ2n) is 9.14. The summed E-state index contributed by atoms with van der Waals surface area (Å²) < 4.78 is 14.5. The normalized spacial score (nSPS) is 21.9. The minimum atomic E-state index is -0.706. The van der Waals surface area contributed by atoms with Crippen LogP contribution in [0.2, 0.25) is 0 Å². The maximum Gasteiger partial charge on any atom is 0.255 e. The van der Waals surface area contributed by atoms with E-state index in [0.717, 1.165) is 49.2 Å². The number of imide groups is 1. The van der Waals surface area contributed by atoms with Crippen molar-refractivity contribution in [3.8, 4) is 5.75 Å². The maximum absolute atomic E-state index is 14.5. The Morgan fingerprint density at radius 3 is 2.58 bits per heavy atom. The molecule has 5 rings (SSSR count). The third-order valence-corrected chi connectivity index (χ3v) is 7.00. The van der Waals surface area contributed by atoms with Crippen LogP contribution in [-0.2, 0) is 22.7 Å². The number of likely N-dealkylation sites (tertiary alicyclic amines) is 1. The Morgan fingerprint density at radius 2 is 1.85 bits per heavy atom. The zero-order valence-electron chi connectivity index (χ0n) is 18.2. The van der Waals surface area contributed by atoms with E-state index < -0.39 is 17.8 Å². The molecule has 3 amide bonds. The molecule has 2 saturated heterocycles. The topological polar surface area (TPSA) is 90.0 Å². The highest BCUT2D eigenvalue weighted by molar-refractivity contribution is 6.05. The Morgan fingerprint density at radius 1 is 1.06 bits per heavy atom. The molecule has 2 N–H and O–H groups in total. The van der Waals surface area contributed by atoms with Crippen molar-refractivity contribution in [1.29, 1.82) is 0 Å². The third kappa shape index (κ3) is 4.23. The van der Waals surface area contributed by atoms with E-state index >= 15 is 0 Å². The van der Waals surface area contributed by atoms with E-state index in [1.54, 1.807) is 12.1 Å². The van der Waals surface area contributed by atoms with Gasteiger partial charge in [0.25, 0.3) is 5.91 Å². The molecule has 33 heavy (non-hydrogen) atoms. The van der Waals surface area contributed by atoms with Crippen LogP contribution in [0.5, 0.6) is 5.75 Å². The number of hydrogen-bond acceptors (Lipinski definition) is 5. The molecule has 0 bridgehead atoms. The van der Waals surface area contributed by atoms with Crippen LogP contribution in [0.4, 0.5) is 4.39 Å². The largest absolute Gasteiger partial charge is 0.508 e. The van der Waals surface area contributed by atoms with E-state index in [1.165, 1.54) is 17.0 Å². The molecular weight excluding hydrogens is 425 g/mol. The fourth-order valence-corrected chi connectivity index (χ4v) is 5.33. The number of fused-ring (bicyclic) bond motifs is 1. The van der Waals surface area contributed by atoms with Gasteiger partial charge in [0.05, 0.1) is 0 Å². The van der Waals surface area contributed by atoms with Crippen molar-refractivity contribution in [3.63, 3.8) is 0 Å². The lowest BCUT2D eigenvalue weighted by molar-refractivity contribution is -0.136. The average molecular weight is 451 g/mol. The second-order valence-corrected chi connectivity index (χ2v) is 9.14. The van der Waals surface area contributed by atoms with Gasteiger partial charge in [0.2, 0.25) is 11.8 Å². The van der Waals surface area contributed by atoms with Crippen molar-refractivity contribution in [2.45, 2.75) is 50.7 Å². The Hall–Kier alpha value is -3.26. The number of hydrogen-bond donors (Lipinski definition) is 2. The van der Waals surface area contributed by atoms with Gasteiger partial charge in [-0.05, 0) is 79.2 Å². The van der Waals surface area contributed by atoms with Crippen LogP contribution in [0.1, 0.15) is 58.6 Å².